The lowest BCUT2D eigenvalue weighted by atomic mass is 9.75. The van der Waals surface area contributed by atoms with Gasteiger partial charge < -0.3 is 14.7 Å². The molecule has 1 fully saturated rings. The molecular weight excluding hydrogens is 363 g/mol. The highest BCUT2D eigenvalue weighted by molar-refractivity contribution is 5.99. The molecule has 1 aromatic rings. The Bertz CT molecular complexity index is 725. The number of ketones is 1. The number of amides is 1. The molecule has 2 unspecified atom stereocenters. The molecule has 5 nitrogen and oxygen atoms in total. The van der Waals surface area contributed by atoms with Gasteiger partial charge in [0.2, 0.25) is 0 Å². The first-order valence-corrected chi connectivity index (χ1v) is 8.70. The SMILES string of the molecule is Cc1ccc(OC(F)(F)F)cc1C(=O)C1CCN(C(=O)O)C(C(C)(C)C)C1. The molecule has 1 aromatic carbocycles. The first-order valence-electron chi connectivity index (χ1n) is 8.70. The maximum Gasteiger partial charge on any atom is 0.573 e. The van der Waals surface area contributed by atoms with Crippen LogP contribution in [0.25, 0.3) is 0 Å². The summed E-state index contributed by atoms with van der Waals surface area (Å²) >= 11 is 0. The fourth-order valence-electron chi connectivity index (χ4n) is 3.54. The number of carbonyl (C=O) groups excluding carboxylic acids is 1. The summed E-state index contributed by atoms with van der Waals surface area (Å²) in [6, 6.07) is 3.35. The van der Waals surface area contributed by atoms with E-state index in [9.17, 15) is 27.9 Å². The molecule has 2 atom stereocenters. The fourth-order valence-corrected chi connectivity index (χ4v) is 3.54. The van der Waals surface area contributed by atoms with Gasteiger partial charge in [0.1, 0.15) is 5.75 Å². The summed E-state index contributed by atoms with van der Waals surface area (Å²) < 4.78 is 41.3. The van der Waals surface area contributed by atoms with Crippen molar-refractivity contribution in [2.45, 2.75) is 52.9 Å². The minimum absolute atomic E-state index is 0.179. The molecule has 1 saturated heterocycles. The molecule has 0 aliphatic carbocycles. The van der Waals surface area contributed by atoms with Crippen LogP contribution >= 0.6 is 0 Å². The van der Waals surface area contributed by atoms with Crippen LogP contribution in [0, 0.1) is 18.3 Å². The number of rotatable bonds is 3. The van der Waals surface area contributed by atoms with E-state index < -0.39 is 24.1 Å². The number of hydrogen-bond donors (Lipinski definition) is 1. The third-order valence-corrected chi connectivity index (χ3v) is 4.93. The number of carbonyl (C=O) groups is 2. The molecule has 0 radical (unpaired) electrons. The predicted molar refractivity (Wildman–Crippen MR) is 92.9 cm³/mol. The Morgan fingerprint density at radius 2 is 1.85 bits per heavy atom. The van der Waals surface area contributed by atoms with E-state index >= 15 is 0 Å². The van der Waals surface area contributed by atoms with Crippen LogP contribution < -0.4 is 4.74 Å². The van der Waals surface area contributed by atoms with E-state index in [1.54, 1.807) is 6.92 Å². The highest BCUT2D eigenvalue weighted by Crippen LogP contribution is 2.37. The Morgan fingerprint density at radius 1 is 1.22 bits per heavy atom. The van der Waals surface area contributed by atoms with E-state index in [0.717, 1.165) is 6.07 Å². The minimum atomic E-state index is -4.83. The maximum absolute atomic E-state index is 13.0. The van der Waals surface area contributed by atoms with Gasteiger partial charge in [-0.1, -0.05) is 26.8 Å². The molecule has 1 aliphatic rings. The van der Waals surface area contributed by atoms with Gasteiger partial charge in [0.05, 0.1) is 0 Å². The Hall–Kier alpha value is -2.25. The predicted octanol–water partition coefficient (Wildman–Crippen LogP) is 4.88. The lowest BCUT2D eigenvalue weighted by Gasteiger charge is -2.44. The zero-order valence-electron chi connectivity index (χ0n) is 15.8. The Labute approximate surface area is 156 Å². The van der Waals surface area contributed by atoms with Crippen molar-refractivity contribution in [3.8, 4) is 5.75 Å². The molecule has 2 rings (SSSR count). The molecule has 1 N–H and O–H groups in total. The lowest BCUT2D eigenvalue weighted by molar-refractivity contribution is -0.274. The Balaban J connectivity index is 2.27. The number of benzene rings is 1. The van der Waals surface area contributed by atoms with Gasteiger partial charge >= 0.3 is 12.5 Å². The van der Waals surface area contributed by atoms with E-state index in [0.29, 0.717) is 18.4 Å². The number of piperidine rings is 1. The number of ether oxygens (including phenoxy) is 1. The van der Waals surface area contributed by atoms with Gasteiger partial charge in [-0.3, -0.25) is 4.79 Å². The monoisotopic (exact) mass is 387 g/mol. The Morgan fingerprint density at radius 3 is 2.37 bits per heavy atom. The van der Waals surface area contributed by atoms with Crippen molar-refractivity contribution in [3.63, 3.8) is 0 Å². The molecule has 0 spiro atoms. The second-order valence-electron chi connectivity index (χ2n) is 7.97. The molecule has 1 heterocycles. The average Bonchev–Trinajstić information content (AvgIpc) is 2.53. The molecule has 1 amide bonds. The van der Waals surface area contributed by atoms with E-state index in [1.165, 1.54) is 17.0 Å². The summed E-state index contributed by atoms with van der Waals surface area (Å²) in [5.41, 5.74) is 0.369. The molecular formula is C19H24F3NO4. The summed E-state index contributed by atoms with van der Waals surface area (Å²) in [5, 5.41) is 9.42. The standard InChI is InChI=1S/C19H24F3NO4/c1-11-5-6-13(27-19(20,21)22)10-14(11)16(24)12-7-8-23(17(25)26)15(9-12)18(2,3)4/h5-6,10,12,15H,7-9H2,1-4H3,(H,25,26). The van der Waals surface area contributed by atoms with Crippen molar-refractivity contribution in [1.29, 1.82) is 0 Å². The van der Waals surface area contributed by atoms with Crippen LogP contribution in [0.3, 0.4) is 0 Å². The minimum Gasteiger partial charge on any atom is -0.465 e. The molecule has 8 heteroatoms. The fraction of sp³-hybridized carbons (Fsp3) is 0.579. The van der Waals surface area contributed by atoms with Crippen LogP contribution in [-0.4, -0.2) is 40.8 Å². The first-order chi connectivity index (χ1) is 12.3. The van der Waals surface area contributed by atoms with Crippen LogP contribution in [0.4, 0.5) is 18.0 Å². The number of hydrogen-bond acceptors (Lipinski definition) is 3. The molecule has 1 aliphatic heterocycles. The van der Waals surface area contributed by atoms with E-state index in [2.05, 4.69) is 4.74 Å². The maximum atomic E-state index is 13.0. The summed E-state index contributed by atoms with van der Waals surface area (Å²) in [6.07, 6.45) is -5.20. The second-order valence-corrected chi connectivity index (χ2v) is 7.97. The van der Waals surface area contributed by atoms with Crippen LogP contribution in [0.15, 0.2) is 18.2 Å². The summed E-state index contributed by atoms with van der Waals surface area (Å²) in [6.45, 7) is 7.58. The van der Waals surface area contributed by atoms with Gasteiger partial charge in [0.15, 0.2) is 5.78 Å². The zero-order chi connectivity index (χ0) is 20.6. The van der Waals surface area contributed by atoms with Crippen molar-refractivity contribution >= 4 is 11.9 Å². The number of Topliss-reactive ketones (excluding diaryl/α,β-unsaturated/α-hetero) is 1. The van der Waals surface area contributed by atoms with Gasteiger partial charge in [-0.05, 0) is 42.9 Å². The van der Waals surface area contributed by atoms with Crippen LogP contribution in [0.5, 0.6) is 5.75 Å². The summed E-state index contributed by atoms with van der Waals surface area (Å²) in [7, 11) is 0. The number of likely N-dealkylation sites (tertiary alicyclic amines) is 1. The molecule has 0 aromatic heterocycles. The van der Waals surface area contributed by atoms with Crippen LogP contribution in [-0.2, 0) is 0 Å². The third kappa shape index (κ3) is 5.14. The van der Waals surface area contributed by atoms with Crippen molar-refractivity contribution < 1.29 is 32.6 Å². The third-order valence-electron chi connectivity index (χ3n) is 4.93. The molecule has 150 valence electrons. The van der Waals surface area contributed by atoms with Crippen molar-refractivity contribution in [3.05, 3.63) is 29.3 Å². The van der Waals surface area contributed by atoms with Gasteiger partial charge in [0.25, 0.3) is 0 Å². The zero-order valence-corrected chi connectivity index (χ0v) is 15.8. The van der Waals surface area contributed by atoms with Gasteiger partial charge in [-0.2, -0.15) is 0 Å². The van der Waals surface area contributed by atoms with Crippen LogP contribution in [0.2, 0.25) is 0 Å². The number of alkyl halides is 3. The quantitative estimate of drug-likeness (QED) is 0.751. The van der Waals surface area contributed by atoms with Gasteiger partial charge in [-0.15, -0.1) is 13.2 Å². The average molecular weight is 387 g/mol. The molecule has 0 saturated carbocycles. The summed E-state index contributed by atoms with van der Waals surface area (Å²) in [5.74, 6) is -1.17. The van der Waals surface area contributed by atoms with E-state index in [4.69, 9.17) is 0 Å². The smallest absolute Gasteiger partial charge is 0.465 e. The second kappa shape index (κ2) is 7.40. The van der Waals surface area contributed by atoms with Gasteiger partial charge in [-0.25, -0.2) is 4.79 Å². The molecule has 0 bridgehead atoms. The highest BCUT2D eigenvalue weighted by atomic mass is 19.4. The number of nitrogens with zero attached hydrogens (tertiary/aromatic N) is 1. The highest BCUT2D eigenvalue weighted by Gasteiger charge is 2.41. The normalized spacial score (nSPS) is 21.1. The largest absolute Gasteiger partial charge is 0.573 e. The van der Waals surface area contributed by atoms with E-state index in [1.807, 2.05) is 20.8 Å². The number of halogens is 3. The lowest BCUT2D eigenvalue weighted by Crippen LogP contribution is -2.52. The topological polar surface area (TPSA) is 66.8 Å². The van der Waals surface area contributed by atoms with Crippen molar-refractivity contribution in [2.75, 3.05) is 6.54 Å². The summed E-state index contributed by atoms with van der Waals surface area (Å²) in [4.78, 5) is 25.8. The van der Waals surface area contributed by atoms with Crippen LogP contribution in [0.1, 0.15) is 49.5 Å². The first kappa shape index (κ1) is 21.1. The Kier molecular flexibility index (Phi) is 5.77. The molecule has 27 heavy (non-hydrogen) atoms. The number of carboxylic acid groups (broad SMARTS) is 1. The van der Waals surface area contributed by atoms with Crippen molar-refractivity contribution in [2.24, 2.45) is 11.3 Å². The van der Waals surface area contributed by atoms with E-state index in [-0.39, 0.29) is 29.3 Å². The van der Waals surface area contributed by atoms with Crippen molar-refractivity contribution in [1.82, 2.24) is 4.90 Å². The number of aryl methyl sites for hydroxylation is 1. The van der Waals surface area contributed by atoms with Gasteiger partial charge in [0, 0.05) is 24.1 Å².